The zero-order valence-corrected chi connectivity index (χ0v) is 25.2. The molecule has 3 rings (SSSR count). The molecule has 13 heteroatoms. The zero-order valence-electron chi connectivity index (χ0n) is 25.2. The minimum atomic E-state index is -1.10. The SMILES string of the molecule is CCOC(=O)c1cc(OCCOC)c(OCCOC)cc1N1C(N)=C(C#N)C(c2ccccc2)C(C(=O)OC)=C1C(=O)OC. The van der Waals surface area contributed by atoms with Gasteiger partial charge in [0.25, 0.3) is 0 Å². The van der Waals surface area contributed by atoms with Crippen LogP contribution in [-0.4, -0.2) is 79.4 Å². The minimum Gasteiger partial charge on any atom is -0.487 e. The van der Waals surface area contributed by atoms with Crippen molar-refractivity contribution in [2.24, 2.45) is 5.73 Å². The normalized spacial score (nSPS) is 14.5. The van der Waals surface area contributed by atoms with Crippen molar-refractivity contribution in [3.63, 3.8) is 0 Å². The quantitative estimate of drug-likeness (QED) is 0.189. The Hall–Kier alpha value is -5.06. The van der Waals surface area contributed by atoms with E-state index in [0.717, 1.165) is 19.1 Å². The van der Waals surface area contributed by atoms with Crippen LogP contribution < -0.4 is 20.1 Å². The number of nitrogens with zero attached hydrogens (tertiary/aromatic N) is 2. The van der Waals surface area contributed by atoms with Crippen molar-refractivity contribution in [1.82, 2.24) is 0 Å². The first-order chi connectivity index (χ1) is 21.3. The van der Waals surface area contributed by atoms with Gasteiger partial charge in [-0.3, -0.25) is 4.90 Å². The lowest BCUT2D eigenvalue weighted by molar-refractivity contribution is -0.139. The standard InChI is InChI=1S/C31H35N3O10/c1-6-42-29(35)20-16-23(43-14-12-38-2)24(44-15-13-39-3)17-22(20)34-27(31(37)41-5)26(30(36)40-4)25(21(18-32)28(34)33)19-10-8-7-9-11-19/h7-11,16-17,25H,6,12-15,33H2,1-5H3. The molecule has 0 aromatic heterocycles. The molecule has 0 aliphatic carbocycles. The highest BCUT2D eigenvalue weighted by Gasteiger charge is 2.44. The summed E-state index contributed by atoms with van der Waals surface area (Å²) < 4.78 is 37.5. The smallest absolute Gasteiger partial charge is 0.355 e. The first-order valence-electron chi connectivity index (χ1n) is 13.5. The first-order valence-corrected chi connectivity index (χ1v) is 13.5. The fraction of sp³-hybridized carbons (Fsp3) is 0.355. The summed E-state index contributed by atoms with van der Waals surface area (Å²) in [6.45, 7) is 2.30. The van der Waals surface area contributed by atoms with E-state index < -0.39 is 23.8 Å². The molecule has 1 aliphatic rings. The molecule has 0 saturated heterocycles. The van der Waals surface area contributed by atoms with E-state index in [4.69, 9.17) is 38.9 Å². The lowest BCUT2D eigenvalue weighted by atomic mass is 9.80. The third kappa shape index (κ3) is 7.11. The van der Waals surface area contributed by atoms with E-state index in [1.807, 2.05) is 0 Å². The molecule has 0 spiro atoms. The molecule has 0 radical (unpaired) electrons. The molecule has 0 bridgehead atoms. The second-order valence-electron chi connectivity index (χ2n) is 9.05. The van der Waals surface area contributed by atoms with Crippen LogP contribution in [0, 0.1) is 11.3 Å². The van der Waals surface area contributed by atoms with Gasteiger partial charge in [-0.1, -0.05) is 30.3 Å². The fourth-order valence-electron chi connectivity index (χ4n) is 4.57. The minimum absolute atomic E-state index is 0.0161. The number of esters is 3. The summed E-state index contributed by atoms with van der Waals surface area (Å²) >= 11 is 0. The van der Waals surface area contributed by atoms with E-state index in [1.54, 1.807) is 37.3 Å². The van der Waals surface area contributed by atoms with Gasteiger partial charge >= 0.3 is 17.9 Å². The summed E-state index contributed by atoms with van der Waals surface area (Å²) in [5.74, 6) is -3.75. The summed E-state index contributed by atoms with van der Waals surface area (Å²) in [6, 6.07) is 13.4. The van der Waals surface area contributed by atoms with E-state index in [9.17, 15) is 19.6 Å². The molecule has 44 heavy (non-hydrogen) atoms. The van der Waals surface area contributed by atoms with Crippen molar-refractivity contribution in [3.05, 3.63) is 76.3 Å². The van der Waals surface area contributed by atoms with Crippen LogP contribution in [0.3, 0.4) is 0 Å². The number of carbonyl (C=O) groups is 3. The fourth-order valence-corrected chi connectivity index (χ4v) is 4.57. The largest absolute Gasteiger partial charge is 0.487 e. The average Bonchev–Trinajstić information content (AvgIpc) is 3.04. The summed E-state index contributed by atoms with van der Waals surface area (Å²) in [5.41, 5.74) is 6.31. The van der Waals surface area contributed by atoms with Crippen LogP contribution in [0.5, 0.6) is 11.5 Å². The maximum Gasteiger partial charge on any atom is 0.355 e. The van der Waals surface area contributed by atoms with Gasteiger partial charge in [-0.25, -0.2) is 14.4 Å². The number of nitriles is 1. The van der Waals surface area contributed by atoms with Gasteiger partial charge in [0.2, 0.25) is 0 Å². The summed E-state index contributed by atoms with van der Waals surface area (Å²) in [5, 5.41) is 10.4. The number of hydrogen-bond acceptors (Lipinski definition) is 13. The van der Waals surface area contributed by atoms with E-state index in [2.05, 4.69) is 6.07 Å². The lowest BCUT2D eigenvalue weighted by Crippen LogP contribution is -2.41. The summed E-state index contributed by atoms with van der Waals surface area (Å²) in [6.07, 6.45) is 0. The van der Waals surface area contributed by atoms with Crippen LogP contribution in [0.1, 0.15) is 28.8 Å². The van der Waals surface area contributed by atoms with Crippen molar-refractivity contribution in [2.75, 3.05) is 66.4 Å². The Bertz CT molecular complexity index is 1460. The molecule has 0 fully saturated rings. The van der Waals surface area contributed by atoms with Crippen LogP contribution in [0.15, 0.2) is 65.1 Å². The third-order valence-corrected chi connectivity index (χ3v) is 6.50. The number of carbonyl (C=O) groups excluding carboxylic acids is 3. The molecule has 0 saturated carbocycles. The Morgan fingerprint density at radius 3 is 1.98 bits per heavy atom. The zero-order chi connectivity index (χ0) is 32.2. The van der Waals surface area contributed by atoms with Crippen molar-refractivity contribution in [2.45, 2.75) is 12.8 Å². The molecule has 2 N–H and O–H groups in total. The Labute approximate surface area is 255 Å². The van der Waals surface area contributed by atoms with Gasteiger partial charge in [-0.05, 0) is 12.5 Å². The number of benzene rings is 2. The molecule has 1 unspecified atom stereocenters. The van der Waals surface area contributed by atoms with Gasteiger partial charge in [-0.2, -0.15) is 5.26 Å². The molecule has 1 aliphatic heterocycles. The van der Waals surface area contributed by atoms with E-state index in [-0.39, 0.29) is 78.4 Å². The van der Waals surface area contributed by atoms with Crippen molar-refractivity contribution >= 4 is 23.6 Å². The number of nitrogens with two attached hydrogens (primary N) is 1. The highest BCUT2D eigenvalue weighted by Crippen LogP contribution is 2.46. The number of allylic oxidation sites excluding steroid dienone is 1. The maximum atomic E-state index is 13.5. The highest BCUT2D eigenvalue weighted by molar-refractivity contribution is 6.08. The van der Waals surface area contributed by atoms with Crippen molar-refractivity contribution < 1.29 is 47.5 Å². The van der Waals surface area contributed by atoms with Crippen LogP contribution in [-0.2, 0) is 33.3 Å². The van der Waals surface area contributed by atoms with Crippen LogP contribution in [0.4, 0.5) is 5.69 Å². The number of methoxy groups -OCH3 is 4. The molecule has 2 aromatic carbocycles. The van der Waals surface area contributed by atoms with Crippen LogP contribution in [0.25, 0.3) is 0 Å². The van der Waals surface area contributed by atoms with Gasteiger partial charge < -0.3 is 38.9 Å². The molecular weight excluding hydrogens is 574 g/mol. The number of hydrogen-bond donors (Lipinski definition) is 1. The predicted octanol–water partition coefficient (Wildman–Crippen LogP) is 2.81. The molecule has 2 aromatic rings. The van der Waals surface area contributed by atoms with Gasteiger partial charge in [0.15, 0.2) is 11.5 Å². The number of anilines is 1. The molecule has 1 heterocycles. The van der Waals surface area contributed by atoms with Crippen LogP contribution >= 0.6 is 0 Å². The lowest BCUT2D eigenvalue weighted by Gasteiger charge is -2.36. The Balaban J connectivity index is 2.45. The molecule has 0 amide bonds. The molecule has 234 valence electrons. The number of ether oxygens (including phenoxy) is 7. The van der Waals surface area contributed by atoms with Gasteiger partial charge in [0.05, 0.1) is 68.4 Å². The van der Waals surface area contributed by atoms with Crippen LogP contribution in [0.2, 0.25) is 0 Å². The summed E-state index contributed by atoms with van der Waals surface area (Å²) in [7, 11) is 5.27. The van der Waals surface area contributed by atoms with Gasteiger partial charge in [0, 0.05) is 26.4 Å². The van der Waals surface area contributed by atoms with E-state index in [1.165, 1.54) is 26.4 Å². The summed E-state index contributed by atoms with van der Waals surface area (Å²) in [4.78, 5) is 41.5. The van der Waals surface area contributed by atoms with E-state index >= 15 is 0 Å². The average molecular weight is 610 g/mol. The van der Waals surface area contributed by atoms with Gasteiger partial charge in [-0.15, -0.1) is 0 Å². The van der Waals surface area contributed by atoms with Crippen molar-refractivity contribution in [3.8, 4) is 17.6 Å². The molecule has 13 nitrogen and oxygen atoms in total. The molecular formula is C31H35N3O10. The monoisotopic (exact) mass is 609 g/mol. The second-order valence-corrected chi connectivity index (χ2v) is 9.05. The Morgan fingerprint density at radius 1 is 0.864 bits per heavy atom. The van der Waals surface area contributed by atoms with E-state index in [0.29, 0.717) is 5.56 Å². The maximum absolute atomic E-state index is 13.5. The Morgan fingerprint density at radius 2 is 1.45 bits per heavy atom. The van der Waals surface area contributed by atoms with Gasteiger partial charge in [0.1, 0.15) is 24.7 Å². The predicted molar refractivity (Wildman–Crippen MR) is 157 cm³/mol. The third-order valence-electron chi connectivity index (χ3n) is 6.50. The second kappa shape index (κ2) is 16.0. The Kier molecular flexibility index (Phi) is 12.1. The number of rotatable bonds is 14. The first kappa shape index (κ1) is 33.4. The topological polar surface area (TPSA) is 169 Å². The van der Waals surface area contributed by atoms with Crippen molar-refractivity contribution in [1.29, 1.82) is 5.26 Å². The molecule has 1 atom stereocenters. The highest BCUT2D eigenvalue weighted by atomic mass is 16.6.